The summed E-state index contributed by atoms with van der Waals surface area (Å²) in [5.74, 6) is -0.578. The van der Waals surface area contributed by atoms with Gasteiger partial charge in [0.05, 0.1) is 18.9 Å². The molecule has 8 heteroatoms. The van der Waals surface area contributed by atoms with Crippen LogP contribution in [0.1, 0.15) is 28.9 Å². The van der Waals surface area contributed by atoms with Gasteiger partial charge in [0, 0.05) is 17.8 Å². The molecule has 1 aliphatic rings. The Balaban J connectivity index is 1.74. The molecule has 27 heavy (non-hydrogen) atoms. The fraction of sp³-hybridized carbons (Fsp3) is 0.316. The van der Waals surface area contributed by atoms with E-state index in [-0.39, 0.29) is 23.6 Å². The number of rotatable bonds is 5. The van der Waals surface area contributed by atoms with Gasteiger partial charge in [-0.2, -0.15) is 0 Å². The number of nitrogens with one attached hydrogen (secondary N) is 1. The van der Waals surface area contributed by atoms with Crippen molar-refractivity contribution in [3.63, 3.8) is 0 Å². The Kier molecular flexibility index (Phi) is 5.76. The quantitative estimate of drug-likeness (QED) is 0.849. The van der Waals surface area contributed by atoms with E-state index in [9.17, 15) is 17.6 Å². The summed E-state index contributed by atoms with van der Waals surface area (Å²) in [5.41, 5.74) is 1.55. The number of anilines is 1. The highest BCUT2D eigenvalue weighted by Gasteiger charge is 2.26. The van der Waals surface area contributed by atoms with Crippen LogP contribution in [0.25, 0.3) is 0 Å². The predicted molar refractivity (Wildman–Crippen MR) is 101 cm³/mol. The Morgan fingerprint density at radius 2 is 2.00 bits per heavy atom. The van der Waals surface area contributed by atoms with E-state index in [2.05, 4.69) is 4.72 Å². The van der Waals surface area contributed by atoms with Crippen molar-refractivity contribution in [3.8, 4) is 0 Å². The number of sulfonamides is 1. The number of ether oxygens (including phenoxy) is 1. The molecule has 1 aliphatic heterocycles. The maximum atomic E-state index is 13.1. The minimum atomic E-state index is -3.41. The maximum Gasteiger partial charge on any atom is 0.254 e. The van der Waals surface area contributed by atoms with Gasteiger partial charge in [0.2, 0.25) is 10.0 Å². The number of hydrogen-bond donors (Lipinski definition) is 1. The summed E-state index contributed by atoms with van der Waals surface area (Å²) in [4.78, 5) is 14.5. The van der Waals surface area contributed by atoms with Crippen molar-refractivity contribution in [2.75, 3.05) is 30.2 Å². The zero-order chi connectivity index (χ0) is 19.4. The first-order valence-corrected chi connectivity index (χ1v) is 10.3. The van der Waals surface area contributed by atoms with Gasteiger partial charge in [0.15, 0.2) is 0 Å². The number of halogens is 1. The van der Waals surface area contributed by atoms with Crippen LogP contribution in [-0.2, 0) is 14.8 Å². The van der Waals surface area contributed by atoms with Crippen molar-refractivity contribution < 1.29 is 22.3 Å². The van der Waals surface area contributed by atoms with Crippen LogP contribution in [0.4, 0.5) is 10.1 Å². The molecule has 1 saturated heterocycles. The molecule has 0 saturated carbocycles. The zero-order valence-electron chi connectivity index (χ0n) is 14.9. The van der Waals surface area contributed by atoms with Crippen molar-refractivity contribution in [3.05, 3.63) is 65.5 Å². The van der Waals surface area contributed by atoms with Crippen molar-refractivity contribution in [1.29, 1.82) is 0 Å². The number of carbonyl (C=O) groups is 1. The molecule has 1 heterocycles. The van der Waals surface area contributed by atoms with Crippen molar-refractivity contribution in [2.45, 2.75) is 13.0 Å². The third kappa shape index (κ3) is 4.84. The predicted octanol–water partition coefficient (Wildman–Crippen LogP) is 2.80. The van der Waals surface area contributed by atoms with Crippen LogP contribution in [0.2, 0.25) is 0 Å². The van der Waals surface area contributed by atoms with Gasteiger partial charge in [-0.1, -0.05) is 18.2 Å². The average Bonchev–Trinajstić information content (AvgIpc) is 2.68. The highest BCUT2D eigenvalue weighted by molar-refractivity contribution is 7.92. The minimum Gasteiger partial charge on any atom is -0.370 e. The van der Waals surface area contributed by atoms with E-state index >= 15 is 0 Å². The summed E-state index contributed by atoms with van der Waals surface area (Å²) < 4.78 is 44.7. The van der Waals surface area contributed by atoms with Crippen molar-refractivity contribution in [2.24, 2.45) is 0 Å². The maximum absolute atomic E-state index is 13.1. The molecule has 1 N–H and O–H groups in total. The van der Waals surface area contributed by atoms with E-state index < -0.39 is 10.0 Å². The largest absolute Gasteiger partial charge is 0.370 e. The standard InChI is InChI=1S/C19H21FN2O4S/c1-2-27(24,25)21-17-5-3-4-15(12-17)19(23)22-10-11-26-18(13-22)14-6-8-16(20)9-7-14/h3-9,12,18,21H,2,10-11,13H2,1H3. The van der Waals surface area contributed by atoms with Crippen LogP contribution in [0.3, 0.4) is 0 Å². The van der Waals surface area contributed by atoms with Gasteiger partial charge in [-0.25, -0.2) is 12.8 Å². The number of morpholine rings is 1. The topological polar surface area (TPSA) is 75.7 Å². The van der Waals surface area contributed by atoms with Gasteiger partial charge in [0.1, 0.15) is 11.9 Å². The van der Waals surface area contributed by atoms with Gasteiger partial charge < -0.3 is 9.64 Å². The lowest BCUT2D eigenvalue weighted by Crippen LogP contribution is -2.42. The fourth-order valence-electron chi connectivity index (χ4n) is 2.86. The molecule has 0 aliphatic carbocycles. The number of amides is 1. The first-order chi connectivity index (χ1) is 12.9. The van der Waals surface area contributed by atoms with E-state index in [0.717, 1.165) is 5.56 Å². The van der Waals surface area contributed by atoms with Crippen LogP contribution in [0.15, 0.2) is 48.5 Å². The van der Waals surface area contributed by atoms with Gasteiger partial charge in [-0.15, -0.1) is 0 Å². The molecule has 2 aromatic rings. The number of nitrogens with zero attached hydrogens (tertiary/aromatic N) is 1. The summed E-state index contributed by atoms with van der Waals surface area (Å²) in [6, 6.07) is 12.4. The molecule has 1 fully saturated rings. The molecular formula is C19H21FN2O4S. The first-order valence-electron chi connectivity index (χ1n) is 8.65. The molecule has 0 radical (unpaired) electrons. The molecule has 1 unspecified atom stereocenters. The third-order valence-corrected chi connectivity index (χ3v) is 5.67. The van der Waals surface area contributed by atoms with E-state index in [1.807, 2.05) is 0 Å². The second-order valence-electron chi connectivity index (χ2n) is 6.25. The summed E-state index contributed by atoms with van der Waals surface area (Å²) in [6.07, 6.45) is -0.329. The second-order valence-corrected chi connectivity index (χ2v) is 8.26. The normalized spacial score (nSPS) is 17.6. The Bertz CT molecular complexity index is 916. The number of carbonyl (C=O) groups excluding carboxylic acids is 1. The SMILES string of the molecule is CCS(=O)(=O)Nc1cccc(C(=O)N2CCOC(c3ccc(F)cc3)C2)c1. The van der Waals surface area contributed by atoms with Crippen molar-refractivity contribution in [1.82, 2.24) is 4.90 Å². The number of hydrogen-bond acceptors (Lipinski definition) is 4. The van der Waals surface area contributed by atoms with Gasteiger partial charge in [-0.3, -0.25) is 9.52 Å². The van der Waals surface area contributed by atoms with E-state index in [1.54, 1.807) is 42.2 Å². The Morgan fingerprint density at radius 3 is 2.70 bits per heavy atom. The summed E-state index contributed by atoms with van der Waals surface area (Å²) >= 11 is 0. The molecule has 1 atom stereocenters. The zero-order valence-corrected chi connectivity index (χ0v) is 15.7. The van der Waals surface area contributed by atoms with Crippen LogP contribution in [0, 0.1) is 5.82 Å². The molecular weight excluding hydrogens is 371 g/mol. The lowest BCUT2D eigenvalue weighted by atomic mass is 10.1. The molecule has 2 aromatic carbocycles. The Hall–Kier alpha value is -2.45. The van der Waals surface area contributed by atoms with Crippen LogP contribution < -0.4 is 4.72 Å². The Labute approximate surface area is 158 Å². The minimum absolute atomic E-state index is 0.0476. The second kappa shape index (κ2) is 8.06. The molecule has 144 valence electrons. The fourth-order valence-corrected chi connectivity index (χ4v) is 3.49. The third-order valence-electron chi connectivity index (χ3n) is 4.36. The molecule has 3 rings (SSSR count). The van der Waals surface area contributed by atoms with Crippen LogP contribution in [0.5, 0.6) is 0 Å². The average molecular weight is 392 g/mol. The van der Waals surface area contributed by atoms with E-state index in [1.165, 1.54) is 18.2 Å². The van der Waals surface area contributed by atoms with Gasteiger partial charge in [0.25, 0.3) is 5.91 Å². The molecule has 6 nitrogen and oxygen atoms in total. The molecule has 0 aromatic heterocycles. The van der Waals surface area contributed by atoms with Gasteiger partial charge in [-0.05, 0) is 42.8 Å². The molecule has 0 spiro atoms. The summed E-state index contributed by atoms with van der Waals surface area (Å²) in [6.45, 7) is 2.69. The summed E-state index contributed by atoms with van der Waals surface area (Å²) in [5, 5.41) is 0. The lowest BCUT2D eigenvalue weighted by molar-refractivity contribution is -0.0228. The van der Waals surface area contributed by atoms with E-state index in [4.69, 9.17) is 4.74 Å². The van der Waals surface area contributed by atoms with Gasteiger partial charge >= 0.3 is 0 Å². The molecule has 1 amide bonds. The Morgan fingerprint density at radius 1 is 1.26 bits per heavy atom. The van der Waals surface area contributed by atoms with E-state index in [0.29, 0.717) is 30.9 Å². The highest BCUT2D eigenvalue weighted by atomic mass is 32.2. The first kappa shape index (κ1) is 19.3. The van der Waals surface area contributed by atoms with Crippen LogP contribution in [-0.4, -0.2) is 44.7 Å². The highest BCUT2D eigenvalue weighted by Crippen LogP contribution is 2.24. The van der Waals surface area contributed by atoms with Crippen molar-refractivity contribution >= 4 is 21.6 Å². The monoisotopic (exact) mass is 392 g/mol. The van der Waals surface area contributed by atoms with Crippen LogP contribution >= 0.6 is 0 Å². The lowest BCUT2D eigenvalue weighted by Gasteiger charge is -2.33. The number of benzene rings is 2. The smallest absolute Gasteiger partial charge is 0.254 e. The summed E-state index contributed by atoms with van der Waals surface area (Å²) in [7, 11) is -3.41. The molecule has 0 bridgehead atoms.